The van der Waals surface area contributed by atoms with Gasteiger partial charge in [0.1, 0.15) is 0 Å². The van der Waals surface area contributed by atoms with Crippen LogP contribution in [0.5, 0.6) is 0 Å². The maximum atomic E-state index is 6.09. The summed E-state index contributed by atoms with van der Waals surface area (Å²) in [6.45, 7) is 7.45. The topological polar surface area (TPSA) is 38.5 Å². The first kappa shape index (κ1) is 15.3. The largest absolute Gasteiger partial charge is 0.377 e. The van der Waals surface area contributed by atoms with Gasteiger partial charge in [-0.2, -0.15) is 0 Å². The molecule has 0 aromatic carbocycles. The molecule has 2 rings (SSSR count). The van der Waals surface area contributed by atoms with E-state index in [4.69, 9.17) is 10.5 Å². The van der Waals surface area contributed by atoms with E-state index in [1.165, 1.54) is 64.5 Å². The molecule has 1 saturated carbocycles. The van der Waals surface area contributed by atoms with Gasteiger partial charge in [0, 0.05) is 13.2 Å². The van der Waals surface area contributed by atoms with Crippen LogP contribution in [0.3, 0.4) is 0 Å². The zero-order chi connectivity index (χ0) is 13.6. The molecule has 2 fully saturated rings. The van der Waals surface area contributed by atoms with Crippen molar-refractivity contribution in [3.05, 3.63) is 0 Å². The van der Waals surface area contributed by atoms with Gasteiger partial charge in [-0.1, -0.05) is 19.3 Å². The lowest BCUT2D eigenvalue weighted by Crippen LogP contribution is -2.43. The molecule has 2 aliphatic rings. The van der Waals surface area contributed by atoms with Crippen molar-refractivity contribution in [1.82, 2.24) is 4.90 Å². The monoisotopic (exact) mass is 268 g/mol. The first-order valence-corrected chi connectivity index (χ1v) is 8.32. The second kappa shape index (κ2) is 7.61. The Bertz CT molecular complexity index is 249. The summed E-state index contributed by atoms with van der Waals surface area (Å²) in [5, 5.41) is 0. The third-order valence-electron chi connectivity index (χ3n) is 5.17. The summed E-state index contributed by atoms with van der Waals surface area (Å²) >= 11 is 0. The zero-order valence-corrected chi connectivity index (χ0v) is 12.7. The number of nitrogens with two attached hydrogens (primary N) is 1. The lowest BCUT2D eigenvalue weighted by atomic mass is 9.72. The molecule has 3 nitrogen and oxygen atoms in total. The van der Waals surface area contributed by atoms with Crippen LogP contribution < -0.4 is 5.73 Å². The Balaban J connectivity index is 1.76. The molecule has 1 aliphatic carbocycles. The van der Waals surface area contributed by atoms with Gasteiger partial charge < -0.3 is 15.4 Å². The highest BCUT2D eigenvalue weighted by Gasteiger charge is 2.31. The Morgan fingerprint density at radius 2 is 2.00 bits per heavy atom. The lowest BCUT2D eigenvalue weighted by molar-refractivity contribution is 0.00119. The Kier molecular flexibility index (Phi) is 6.11. The van der Waals surface area contributed by atoms with E-state index in [9.17, 15) is 0 Å². The fourth-order valence-electron chi connectivity index (χ4n) is 3.84. The van der Waals surface area contributed by atoms with Gasteiger partial charge in [0.05, 0.1) is 6.10 Å². The maximum Gasteiger partial charge on any atom is 0.0702 e. The Labute approximate surface area is 118 Å². The first-order chi connectivity index (χ1) is 9.28. The molecular formula is C16H32N2O. The molecule has 0 bridgehead atoms. The first-order valence-electron chi connectivity index (χ1n) is 8.32. The summed E-state index contributed by atoms with van der Waals surface area (Å²) in [7, 11) is 0. The molecule has 1 atom stereocenters. The molecule has 0 spiro atoms. The van der Waals surface area contributed by atoms with Crippen LogP contribution in [0, 0.1) is 5.41 Å². The molecule has 19 heavy (non-hydrogen) atoms. The summed E-state index contributed by atoms with van der Waals surface area (Å²) < 4.78 is 5.79. The molecule has 1 saturated heterocycles. The van der Waals surface area contributed by atoms with Crippen molar-refractivity contribution in [2.24, 2.45) is 11.1 Å². The normalized spacial score (nSPS) is 28.4. The van der Waals surface area contributed by atoms with E-state index in [-0.39, 0.29) is 0 Å². The van der Waals surface area contributed by atoms with Crippen molar-refractivity contribution in [2.75, 3.05) is 32.8 Å². The van der Waals surface area contributed by atoms with Crippen LogP contribution in [0.15, 0.2) is 0 Å². The maximum absolute atomic E-state index is 6.09. The predicted molar refractivity (Wildman–Crippen MR) is 80.3 cm³/mol. The Morgan fingerprint density at radius 1 is 1.21 bits per heavy atom. The van der Waals surface area contributed by atoms with E-state index in [1.807, 2.05) is 0 Å². The molecule has 1 heterocycles. The van der Waals surface area contributed by atoms with E-state index in [0.717, 1.165) is 19.7 Å². The van der Waals surface area contributed by atoms with Crippen molar-refractivity contribution in [2.45, 2.75) is 64.4 Å². The fourth-order valence-corrected chi connectivity index (χ4v) is 3.84. The van der Waals surface area contributed by atoms with Gasteiger partial charge in [0.2, 0.25) is 0 Å². The van der Waals surface area contributed by atoms with E-state index in [1.54, 1.807) is 0 Å². The molecule has 0 aromatic heterocycles. The number of likely N-dealkylation sites (tertiary alicyclic amines) is 1. The second-order valence-corrected chi connectivity index (χ2v) is 6.53. The average molecular weight is 268 g/mol. The second-order valence-electron chi connectivity index (χ2n) is 6.53. The van der Waals surface area contributed by atoms with Gasteiger partial charge in [0.25, 0.3) is 0 Å². The van der Waals surface area contributed by atoms with Crippen molar-refractivity contribution >= 4 is 0 Å². The Hall–Kier alpha value is -0.120. The SMILES string of the molecule is CCOC1CCCN(CCC2(CN)CCCCC2)C1. The quantitative estimate of drug-likeness (QED) is 0.805. The minimum absolute atomic E-state index is 0.455. The predicted octanol–water partition coefficient (Wildman–Crippen LogP) is 2.79. The summed E-state index contributed by atoms with van der Waals surface area (Å²) in [5.41, 5.74) is 6.54. The van der Waals surface area contributed by atoms with E-state index in [0.29, 0.717) is 11.5 Å². The third kappa shape index (κ3) is 4.44. The molecule has 1 unspecified atom stereocenters. The standard InChI is InChI=1S/C16H32N2O/c1-2-19-15-7-6-11-18(13-15)12-10-16(14-17)8-4-3-5-9-16/h15H,2-14,17H2,1H3. The zero-order valence-electron chi connectivity index (χ0n) is 12.7. The van der Waals surface area contributed by atoms with Crippen LogP contribution in [0.2, 0.25) is 0 Å². The summed E-state index contributed by atoms with van der Waals surface area (Å²) in [5.74, 6) is 0. The van der Waals surface area contributed by atoms with Crippen LogP contribution in [0.25, 0.3) is 0 Å². The van der Waals surface area contributed by atoms with Gasteiger partial charge in [-0.05, 0) is 64.1 Å². The van der Waals surface area contributed by atoms with Gasteiger partial charge >= 0.3 is 0 Å². The molecular weight excluding hydrogens is 236 g/mol. The number of piperidine rings is 1. The number of hydrogen-bond acceptors (Lipinski definition) is 3. The molecule has 1 aliphatic heterocycles. The smallest absolute Gasteiger partial charge is 0.0702 e. The van der Waals surface area contributed by atoms with Gasteiger partial charge in [-0.15, -0.1) is 0 Å². The van der Waals surface area contributed by atoms with Crippen LogP contribution >= 0.6 is 0 Å². The minimum Gasteiger partial charge on any atom is -0.377 e. The number of rotatable bonds is 6. The van der Waals surface area contributed by atoms with Crippen LogP contribution in [-0.4, -0.2) is 43.8 Å². The summed E-state index contributed by atoms with van der Waals surface area (Å²) in [6, 6.07) is 0. The number of nitrogens with zero attached hydrogens (tertiary/aromatic N) is 1. The molecule has 3 heteroatoms. The molecule has 0 aromatic rings. The van der Waals surface area contributed by atoms with Gasteiger partial charge in [-0.25, -0.2) is 0 Å². The van der Waals surface area contributed by atoms with Crippen molar-refractivity contribution in [3.8, 4) is 0 Å². The van der Waals surface area contributed by atoms with Crippen LogP contribution in [0.1, 0.15) is 58.3 Å². The van der Waals surface area contributed by atoms with Crippen molar-refractivity contribution in [1.29, 1.82) is 0 Å². The van der Waals surface area contributed by atoms with Crippen molar-refractivity contribution in [3.63, 3.8) is 0 Å². The van der Waals surface area contributed by atoms with E-state index >= 15 is 0 Å². The number of ether oxygens (including phenoxy) is 1. The molecule has 0 radical (unpaired) electrons. The summed E-state index contributed by atoms with van der Waals surface area (Å²) in [6.07, 6.45) is 11.2. The Morgan fingerprint density at radius 3 is 2.68 bits per heavy atom. The van der Waals surface area contributed by atoms with Crippen LogP contribution in [-0.2, 0) is 4.74 Å². The van der Waals surface area contributed by atoms with Crippen LogP contribution in [0.4, 0.5) is 0 Å². The number of hydrogen-bond donors (Lipinski definition) is 1. The van der Waals surface area contributed by atoms with E-state index in [2.05, 4.69) is 11.8 Å². The van der Waals surface area contributed by atoms with Gasteiger partial charge in [-0.3, -0.25) is 0 Å². The highest BCUT2D eigenvalue weighted by Crippen LogP contribution is 2.38. The van der Waals surface area contributed by atoms with E-state index < -0.39 is 0 Å². The molecule has 0 amide bonds. The van der Waals surface area contributed by atoms with Gasteiger partial charge in [0.15, 0.2) is 0 Å². The fraction of sp³-hybridized carbons (Fsp3) is 1.00. The highest BCUT2D eigenvalue weighted by molar-refractivity contribution is 4.85. The third-order valence-corrected chi connectivity index (χ3v) is 5.17. The highest BCUT2D eigenvalue weighted by atomic mass is 16.5. The van der Waals surface area contributed by atoms with Crippen molar-refractivity contribution < 1.29 is 4.74 Å². The lowest BCUT2D eigenvalue weighted by Gasteiger charge is -2.39. The average Bonchev–Trinajstić information content (AvgIpc) is 2.47. The molecule has 112 valence electrons. The molecule has 2 N–H and O–H groups in total. The summed E-state index contributed by atoms with van der Waals surface area (Å²) in [4.78, 5) is 2.61. The minimum atomic E-state index is 0.455.